The van der Waals surface area contributed by atoms with Crippen molar-refractivity contribution in [1.29, 1.82) is 0 Å². The second kappa shape index (κ2) is 6.02. The average molecular weight is 262 g/mol. The fraction of sp³-hybridized carbons (Fsp3) is 0.625. The van der Waals surface area contributed by atoms with Gasteiger partial charge in [-0.15, -0.1) is 0 Å². The second-order valence-electron chi connectivity index (χ2n) is 5.76. The Morgan fingerprint density at radius 2 is 1.74 bits per heavy atom. The van der Waals surface area contributed by atoms with Gasteiger partial charge in [-0.3, -0.25) is 0 Å². The molecule has 19 heavy (non-hydrogen) atoms. The molecule has 1 heterocycles. The Balaban J connectivity index is 1.66. The van der Waals surface area contributed by atoms with Crippen LogP contribution in [0.5, 0.6) is 0 Å². The molecule has 1 N–H and O–H groups in total. The van der Waals surface area contributed by atoms with Gasteiger partial charge in [0, 0.05) is 32.7 Å². The Labute approximate surface area is 115 Å². The molecule has 0 atom stereocenters. The van der Waals surface area contributed by atoms with Gasteiger partial charge in [-0.25, -0.2) is 4.39 Å². The molecule has 0 aromatic heterocycles. The maximum Gasteiger partial charge on any atom is 0.126 e. The van der Waals surface area contributed by atoms with Crippen molar-refractivity contribution in [1.82, 2.24) is 10.2 Å². The fourth-order valence-corrected chi connectivity index (χ4v) is 3.21. The molecule has 0 unspecified atom stereocenters. The van der Waals surface area contributed by atoms with E-state index in [1.165, 1.54) is 24.0 Å². The molecule has 1 aliphatic heterocycles. The van der Waals surface area contributed by atoms with E-state index in [-0.39, 0.29) is 5.82 Å². The van der Waals surface area contributed by atoms with Crippen molar-refractivity contribution < 1.29 is 4.39 Å². The molecule has 1 aromatic rings. The summed E-state index contributed by atoms with van der Waals surface area (Å²) in [5, 5.41) is 3.35. The summed E-state index contributed by atoms with van der Waals surface area (Å²) in [6.45, 7) is 5.29. The summed E-state index contributed by atoms with van der Waals surface area (Å²) in [7, 11) is 0. The van der Waals surface area contributed by atoms with Crippen LogP contribution in [0.3, 0.4) is 0 Å². The van der Waals surface area contributed by atoms with Crippen LogP contribution in [-0.2, 0) is 19.3 Å². The Bertz CT molecular complexity index is 439. The lowest BCUT2D eigenvalue weighted by Crippen LogP contribution is -2.44. The minimum atomic E-state index is 0.00999. The number of hydrogen-bond donors (Lipinski definition) is 1. The van der Waals surface area contributed by atoms with Crippen LogP contribution in [0.25, 0.3) is 0 Å². The first-order valence-electron chi connectivity index (χ1n) is 7.56. The molecule has 104 valence electrons. The van der Waals surface area contributed by atoms with Gasteiger partial charge in [-0.1, -0.05) is 6.07 Å². The van der Waals surface area contributed by atoms with E-state index >= 15 is 0 Å². The average Bonchev–Trinajstić information content (AvgIpc) is 2.46. The topological polar surface area (TPSA) is 15.3 Å². The lowest BCUT2D eigenvalue weighted by atomic mass is 9.89. The zero-order valence-electron chi connectivity index (χ0n) is 11.6. The smallest absolute Gasteiger partial charge is 0.126 e. The van der Waals surface area contributed by atoms with Gasteiger partial charge in [0.15, 0.2) is 0 Å². The van der Waals surface area contributed by atoms with Crippen LogP contribution in [0.1, 0.15) is 29.5 Å². The lowest BCUT2D eigenvalue weighted by molar-refractivity contribution is 0.243. The number of aryl methyl sites for hydroxylation is 2. The van der Waals surface area contributed by atoms with Gasteiger partial charge in [0.05, 0.1) is 0 Å². The Kier molecular flexibility index (Phi) is 4.14. The molecule has 0 bridgehead atoms. The van der Waals surface area contributed by atoms with E-state index in [0.29, 0.717) is 0 Å². The van der Waals surface area contributed by atoms with Gasteiger partial charge in [0.1, 0.15) is 5.82 Å². The molecule has 3 rings (SSSR count). The summed E-state index contributed by atoms with van der Waals surface area (Å²) in [5.41, 5.74) is 3.55. The molecule has 0 saturated carbocycles. The molecule has 1 fully saturated rings. The number of nitrogens with zero attached hydrogens (tertiary/aromatic N) is 1. The maximum absolute atomic E-state index is 14.1. The second-order valence-corrected chi connectivity index (χ2v) is 5.76. The minimum absolute atomic E-state index is 0.00999. The maximum atomic E-state index is 14.1. The van der Waals surface area contributed by atoms with Gasteiger partial charge in [0.25, 0.3) is 0 Å². The summed E-state index contributed by atoms with van der Waals surface area (Å²) >= 11 is 0. The van der Waals surface area contributed by atoms with Crippen molar-refractivity contribution in [3.8, 4) is 0 Å². The Morgan fingerprint density at radius 1 is 1.05 bits per heavy atom. The third-order valence-corrected chi connectivity index (χ3v) is 4.42. The Morgan fingerprint density at radius 3 is 2.47 bits per heavy atom. The van der Waals surface area contributed by atoms with Crippen molar-refractivity contribution in [2.45, 2.75) is 32.1 Å². The summed E-state index contributed by atoms with van der Waals surface area (Å²) in [6, 6.07) is 3.92. The predicted molar refractivity (Wildman–Crippen MR) is 76.1 cm³/mol. The number of piperazine rings is 1. The van der Waals surface area contributed by atoms with Gasteiger partial charge < -0.3 is 10.2 Å². The SMILES string of the molecule is Fc1cc2c(cc1CCN1CCNCC1)CCCC2. The monoisotopic (exact) mass is 262 g/mol. The normalized spacial score (nSPS) is 20.3. The summed E-state index contributed by atoms with van der Waals surface area (Å²) < 4.78 is 14.1. The minimum Gasteiger partial charge on any atom is -0.314 e. The fourth-order valence-electron chi connectivity index (χ4n) is 3.21. The number of benzene rings is 1. The van der Waals surface area contributed by atoms with E-state index in [0.717, 1.165) is 57.5 Å². The van der Waals surface area contributed by atoms with Gasteiger partial charge in [-0.2, -0.15) is 0 Å². The van der Waals surface area contributed by atoms with Crippen molar-refractivity contribution in [3.05, 3.63) is 34.6 Å². The molecular weight excluding hydrogens is 239 g/mol. The molecule has 1 saturated heterocycles. The quantitative estimate of drug-likeness (QED) is 0.898. The largest absolute Gasteiger partial charge is 0.314 e. The summed E-state index contributed by atoms with van der Waals surface area (Å²) in [5.74, 6) is 0.00999. The molecular formula is C16H23FN2. The molecule has 1 aromatic carbocycles. The van der Waals surface area contributed by atoms with Gasteiger partial charge in [-0.05, 0) is 54.9 Å². The van der Waals surface area contributed by atoms with Crippen molar-refractivity contribution in [2.24, 2.45) is 0 Å². The zero-order chi connectivity index (χ0) is 13.1. The molecule has 3 heteroatoms. The highest BCUT2D eigenvalue weighted by Crippen LogP contribution is 2.24. The third kappa shape index (κ3) is 3.15. The van der Waals surface area contributed by atoms with Crippen LogP contribution in [0.4, 0.5) is 4.39 Å². The lowest BCUT2D eigenvalue weighted by Gasteiger charge is -2.27. The van der Waals surface area contributed by atoms with Crippen LogP contribution in [-0.4, -0.2) is 37.6 Å². The zero-order valence-corrected chi connectivity index (χ0v) is 11.6. The van der Waals surface area contributed by atoms with E-state index < -0.39 is 0 Å². The first kappa shape index (κ1) is 13.1. The van der Waals surface area contributed by atoms with E-state index in [1.54, 1.807) is 6.07 Å². The van der Waals surface area contributed by atoms with Crippen LogP contribution in [0, 0.1) is 5.82 Å². The number of hydrogen-bond acceptors (Lipinski definition) is 2. The van der Waals surface area contributed by atoms with E-state index in [9.17, 15) is 4.39 Å². The van der Waals surface area contributed by atoms with E-state index in [4.69, 9.17) is 0 Å². The van der Waals surface area contributed by atoms with Gasteiger partial charge >= 0.3 is 0 Å². The van der Waals surface area contributed by atoms with Crippen molar-refractivity contribution in [2.75, 3.05) is 32.7 Å². The number of nitrogens with one attached hydrogen (secondary N) is 1. The van der Waals surface area contributed by atoms with E-state index in [2.05, 4.69) is 16.3 Å². The number of fused-ring (bicyclic) bond motifs is 1. The highest BCUT2D eigenvalue weighted by atomic mass is 19.1. The Hall–Kier alpha value is -0.930. The van der Waals surface area contributed by atoms with Gasteiger partial charge in [0.2, 0.25) is 0 Å². The molecule has 2 nitrogen and oxygen atoms in total. The number of halogens is 1. The first-order valence-corrected chi connectivity index (χ1v) is 7.56. The summed E-state index contributed by atoms with van der Waals surface area (Å²) in [6.07, 6.45) is 5.52. The van der Waals surface area contributed by atoms with Crippen molar-refractivity contribution >= 4 is 0 Å². The van der Waals surface area contributed by atoms with Crippen LogP contribution >= 0.6 is 0 Å². The number of rotatable bonds is 3. The summed E-state index contributed by atoms with van der Waals surface area (Å²) in [4.78, 5) is 2.43. The highest BCUT2D eigenvalue weighted by Gasteiger charge is 2.15. The van der Waals surface area contributed by atoms with Crippen molar-refractivity contribution in [3.63, 3.8) is 0 Å². The highest BCUT2D eigenvalue weighted by molar-refractivity contribution is 5.35. The molecule has 1 aliphatic carbocycles. The predicted octanol–water partition coefficient (Wildman–Crippen LogP) is 2.15. The first-order chi connectivity index (χ1) is 9.33. The standard InChI is InChI=1S/C16H23FN2/c17-16-12-14-4-2-1-3-13(14)11-15(16)5-8-19-9-6-18-7-10-19/h11-12,18H,1-10H2. The third-order valence-electron chi connectivity index (χ3n) is 4.42. The van der Waals surface area contributed by atoms with Crippen LogP contribution in [0.15, 0.2) is 12.1 Å². The molecule has 2 aliphatic rings. The molecule has 0 radical (unpaired) electrons. The van der Waals surface area contributed by atoms with Crippen LogP contribution in [0.2, 0.25) is 0 Å². The molecule has 0 amide bonds. The van der Waals surface area contributed by atoms with E-state index in [1.807, 2.05) is 0 Å². The van der Waals surface area contributed by atoms with Crippen LogP contribution < -0.4 is 5.32 Å². The molecule has 0 spiro atoms.